The van der Waals surface area contributed by atoms with E-state index >= 15 is 0 Å². The number of aryl methyl sites for hydroxylation is 1. The van der Waals surface area contributed by atoms with Gasteiger partial charge >= 0.3 is 0 Å². The molecule has 2 atom stereocenters. The summed E-state index contributed by atoms with van der Waals surface area (Å²) in [6.45, 7) is 7.01. The van der Waals surface area contributed by atoms with Crippen LogP contribution in [0.3, 0.4) is 0 Å². The Morgan fingerprint density at radius 3 is 2.89 bits per heavy atom. The van der Waals surface area contributed by atoms with Crippen LogP contribution >= 0.6 is 0 Å². The number of rotatable bonds is 2. The summed E-state index contributed by atoms with van der Waals surface area (Å²) in [5.74, 6) is 0. The standard InChI is InChI=1S/C25H27N3/c1-3-25-12-7-14-27-15-11-19-18-9-4-5-10-20(18)28(23(19)24(25)27)21(16-25)22-17(2)8-6-13-26-22/h4-6,8-10,13,16,24H,3,7,11-12,14-15H2,1-2H3/t24?,25-/m0/s1. The van der Waals surface area contributed by atoms with Crippen LogP contribution in [0.25, 0.3) is 16.6 Å². The summed E-state index contributed by atoms with van der Waals surface area (Å²) in [6, 6.07) is 13.7. The van der Waals surface area contributed by atoms with Gasteiger partial charge in [-0.2, -0.15) is 0 Å². The highest BCUT2D eigenvalue weighted by Crippen LogP contribution is 2.57. The molecule has 0 spiro atoms. The predicted octanol–water partition coefficient (Wildman–Crippen LogP) is 5.34. The van der Waals surface area contributed by atoms with Crippen molar-refractivity contribution in [2.45, 2.75) is 45.6 Å². The molecule has 5 heterocycles. The molecule has 2 aromatic heterocycles. The molecule has 6 rings (SSSR count). The van der Waals surface area contributed by atoms with E-state index in [1.807, 2.05) is 12.3 Å². The molecule has 3 aliphatic heterocycles. The summed E-state index contributed by atoms with van der Waals surface area (Å²) >= 11 is 0. The molecule has 0 radical (unpaired) electrons. The minimum atomic E-state index is 0.219. The largest absolute Gasteiger partial charge is 0.310 e. The fourth-order valence-electron chi connectivity index (χ4n) is 6.21. The molecular weight excluding hydrogens is 342 g/mol. The van der Waals surface area contributed by atoms with E-state index in [9.17, 15) is 0 Å². The van der Waals surface area contributed by atoms with Gasteiger partial charge in [0.1, 0.15) is 0 Å². The smallest absolute Gasteiger partial charge is 0.0896 e. The molecule has 3 aliphatic rings. The van der Waals surface area contributed by atoms with Crippen LogP contribution in [0, 0.1) is 12.3 Å². The number of hydrogen-bond acceptors (Lipinski definition) is 2. The number of pyridine rings is 1. The van der Waals surface area contributed by atoms with Crippen LogP contribution < -0.4 is 0 Å². The normalized spacial score (nSPS) is 26.2. The van der Waals surface area contributed by atoms with Crippen molar-refractivity contribution in [3.8, 4) is 0 Å². The number of benzene rings is 1. The van der Waals surface area contributed by atoms with Gasteiger partial charge in [-0.15, -0.1) is 0 Å². The molecule has 1 unspecified atom stereocenters. The molecule has 142 valence electrons. The topological polar surface area (TPSA) is 21.1 Å². The van der Waals surface area contributed by atoms with E-state index in [0.717, 1.165) is 12.1 Å². The van der Waals surface area contributed by atoms with Crippen LogP contribution in [-0.4, -0.2) is 27.5 Å². The van der Waals surface area contributed by atoms with Crippen molar-refractivity contribution >= 4 is 16.6 Å². The number of para-hydroxylation sites is 1. The molecule has 0 N–H and O–H groups in total. The summed E-state index contributed by atoms with van der Waals surface area (Å²) in [5.41, 5.74) is 8.40. The maximum Gasteiger partial charge on any atom is 0.0896 e. The van der Waals surface area contributed by atoms with Crippen molar-refractivity contribution in [3.63, 3.8) is 0 Å². The second-order valence-electron chi connectivity index (χ2n) is 8.79. The maximum atomic E-state index is 4.85. The summed E-state index contributed by atoms with van der Waals surface area (Å²) in [5, 5.41) is 1.44. The number of hydrogen-bond donors (Lipinski definition) is 0. The van der Waals surface area contributed by atoms with Gasteiger partial charge in [0.15, 0.2) is 0 Å². The summed E-state index contributed by atoms with van der Waals surface area (Å²) < 4.78 is 2.57. The summed E-state index contributed by atoms with van der Waals surface area (Å²) in [4.78, 5) is 7.62. The van der Waals surface area contributed by atoms with E-state index in [1.165, 1.54) is 54.5 Å². The monoisotopic (exact) mass is 369 g/mol. The lowest BCUT2D eigenvalue weighted by molar-refractivity contribution is 0.0271. The second-order valence-corrected chi connectivity index (χ2v) is 8.79. The zero-order valence-corrected chi connectivity index (χ0v) is 16.8. The second kappa shape index (κ2) is 5.81. The first-order valence-corrected chi connectivity index (χ1v) is 10.7. The Kier molecular flexibility index (Phi) is 3.43. The van der Waals surface area contributed by atoms with E-state index in [2.05, 4.69) is 59.7 Å². The first kappa shape index (κ1) is 16.6. The highest BCUT2D eigenvalue weighted by molar-refractivity contribution is 5.92. The first-order chi connectivity index (χ1) is 13.7. The molecule has 1 fully saturated rings. The van der Waals surface area contributed by atoms with Gasteiger partial charge in [0, 0.05) is 29.2 Å². The average molecular weight is 370 g/mol. The molecule has 3 aromatic rings. The third kappa shape index (κ3) is 2.00. The molecule has 3 nitrogen and oxygen atoms in total. The molecule has 28 heavy (non-hydrogen) atoms. The fraction of sp³-hybridized carbons (Fsp3) is 0.400. The van der Waals surface area contributed by atoms with Crippen LogP contribution in [0.15, 0.2) is 48.7 Å². The molecule has 0 aliphatic carbocycles. The Hall–Kier alpha value is -2.39. The van der Waals surface area contributed by atoms with Gasteiger partial charge in [0.25, 0.3) is 0 Å². The Morgan fingerprint density at radius 2 is 2.04 bits per heavy atom. The third-order valence-corrected chi connectivity index (χ3v) is 7.50. The SMILES string of the molecule is CC[C@@]12C=C(c3ncccc3C)n3c4c(c5ccccc53)CCN(CCC1)C42. The molecule has 1 saturated heterocycles. The highest BCUT2D eigenvalue weighted by atomic mass is 15.2. The Bertz CT molecular complexity index is 1120. The zero-order valence-electron chi connectivity index (χ0n) is 16.8. The van der Waals surface area contributed by atoms with Crippen molar-refractivity contribution in [3.05, 3.63) is 71.2 Å². The lowest BCUT2D eigenvalue weighted by atomic mass is 9.66. The fourth-order valence-corrected chi connectivity index (χ4v) is 6.21. The van der Waals surface area contributed by atoms with Gasteiger partial charge in [-0.1, -0.05) is 31.2 Å². The Labute approximate surface area is 166 Å². The van der Waals surface area contributed by atoms with Gasteiger partial charge in [0.05, 0.1) is 22.9 Å². The van der Waals surface area contributed by atoms with E-state index in [-0.39, 0.29) is 5.41 Å². The minimum Gasteiger partial charge on any atom is -0.310 e. The van der Waals surface area contributed by atoms with Crippen LogP contribution in [-0.2, 0) is 6.42 Å². The van der Waals surface area contributed by atoms with Crippen molar-refractivity contribution < 1.29 is 0 Å². The van der Waals surface area contributed by atoms with Gasteiger partial charge in [-0.25, -0.2) is 0 Å². The number of piperidine rings is 1. The molecule has 0 amide bonds. The maximum absolute atomic E-state index is 4.85. The number of fused-ring (bicyclic) bond motifs is 3. The predicted molar refractivity (Wildman–Crippen MR) is 114 cm³/mol. The van der Waals surface area contributed by atoms with Crippen LogP contribution in [0.1, 0.15) is 54.7 Å². The van der Waals surface area contributed by atoms with Crippen LogP contribution in [0.4, 0.5) is 0 Å². The summed E-state index contributed by atoms with van der Waals surface area (Å²) in [7, 11) is 0. The molecule has 3 heteroatoms. The summed E-state index contributed by atoms with van der Waals surface area (Å²) in [6.07, 6.45) is 9.47. The molecule has 0 saturated carbocycles. The van der Waals surface area contributed by atoms with E-state index in [1.54, 1.807) is 11.3 Å². The van der Waals surface area contributed by atoms with Gasteiger partial charge in [-0.3, -0.25) is 9.88 Å². The van der Waals surface area contributed by atoms with Gasteiger partial charge in [-0.05, 0) is 68.5 Å². The lowest BCUT2D eigenvalue weighted by Crippen LogP contribution is -2.50. The quantitative estimate of drug-likeness (QED) is 0.608. The van der Waals surface area contributed by atoms with E-state index < -0.39 is 0 Å². The third-order valence-electron chi connectivity index (χ3n) is 7.50. The van der Waals surface area contributed by atoms with Crippen molar-refractivity contribution in [1.29, 1.82) is 0 Å². The highest BCUT2D eigenvalue weighted by Gasteiger charge is 2.50. The minimum absolute atomic E-state index is 0.219. The van der Waals surface area contributed by atoms with Crippen molar-refractivity contribution in [1.82, 2.24) is 14.5 Å². The van der Waals surface area contributed by atoms with Gasteiger partial charge in [0.2, 0.25) is 0 Å². The number of aromatic nitrogens is 2. The van der Waals surface area contributed by atoms with Gasteiger partial charge < -0.3 is 4.57 Å². The molecule has 1 aromatic carbocycles. The van der Waals surface area contributed by atoms with Crippen molar-refractivity contribution in [2.24, 2.45) is 5.41 Å². The number of nitrogens with zero attached hydrogens (tertiary/aromatic N) is 3. The van der Waals surface area contributed by atoms with Crippen LogP contribution in [0.5, 0.6) is 0 Å². The average Bonchev–Trinajstić information content (AvgIpc) is 3.08. The van der Waals surface area contributed by atoms with Crippen molar-refractivity contribution in [2.75, 3.05) is 13.1 Å². The molecular formula is C25H27N3. The van der Waals surface area contributed by atoms with Crippen LogP contribution in [0.2, 0.25) is 0 Å². The zero-order chi connectivity index (χ0) is 18.9. The lowest BCUT2D eigenvalue weighted by Gasteiger charge is -2.53. The molecule has 0 bridgehead atoms. The van der Waals surface area contributed by atoms with E-state index in [4.69, 9.17) is 4.98 Å². The van der Waals surface area contributed by atoms with E-state index in [0.29, 0.717) is 6.04 Å². The first-order valence-electron chi connectivity index (χ1n) is 10.7. The Balaban J connectivity index is 1.75. The Morgan fingerprint density at radius 1 is 1.14 bits per heavy atom.